The van der Waals surface area contributed by atoms with E-state index in [4.69, 9.17) is 34.8 Å². The normalized spacial score (nSPS) is 26.4. The fraction of sp³-hybridized carbons (Fsp3) is 0.237. The number of allylic oxidation sites excluding steroid dienone is 2. The summed E-state index contributed by atoms with van der Waals surface area (Å²) in [6.07, 6.45) is -2.28. The number of aromatic hydroxyl groups is 1. The molecular formula is C38H25Cl3F3IN4O5. The predicted octanol–water partition coefficient (Wildman–Crippen LogP) is 8.56. The third-order valence-electron chi connectivity index (χ3n) is 10.9. The molecule has 4 aromatic rings. The highest BCUT2D eigenvalue weighted by Gasteiger charge is 2.70. The van der Waals surface area contributed by atoms with Crippen molar-refractivity contribution in [1.29, 1.82) is 0 Å². The van der Waals surface area contributed by atoms with Crippen molar-refractivity contribution >= 4 is 92.5 Å². The van der Waals surface area contributed by atoms with Gasteiger partial charge in [-0.2, -0.15) is 18.2 Å². The molecule has 6 atom stereocenters. The molecule has 0 bridgehead atoms. The highest BCUT2D eigenvalue weighted by Crippen LogP contribution is 2.65. The van der Waals surface area contributed by atoms with Gasteiger partial charge in [-0.3, -0.25) is 29.5 Å². The number of phenolic OH excluding ortho intramolecular Hbond substituents is 1. The van der Waals surface area contributed by atoms with Gasteiger partial charge in [0.05, 0.1) is 39.4 Å². The van der Waals surface area contributed by atoms with Crippen LogP contribution in [0.3, 0.4) is 0 Å². The second kappa shape index (κ2) is 13.2. The zero-order valence-electron chi connectivity index (χ0n) is 27.5. The Balaban J connectivity index is 1.31. The van der Waals surface area contributed by atoms with Crippen LogP contribution in [0.4, 0.5) is 24.7 Å². The van der Waals surface area contributed by atoms with Gasteiger partial charge in [0.1, 0.15) is 5.75 Å². The Bertz CT molecular complexity index is 2310. The number of hydrogen-bond acceptors (Lipinski definition) is 7. The number of imide groups is 2. The van der Waals surface area contributed by atoms with Crippen LogP contribution in [0.25, 0.3) is 0 Å². The van der Waals surface area contributed by atoms with Crippen molar-refractivity contribution in [3.8, 4) is 5.75 Å². The van der Waals surface area contributed by atoms with Crippen LogP contribution < -0.4 is 10.3 Å². The molecule has 1 saturated carbocycles. The number of alkyl halides is 3. The number of nitrogens with zero attached hydrogens (tertiary/aromatic N) is 3. The number of carbonyl (C=O) groups excluding carboxylic acids is 4. The van der Waals surface area contributed by atoms with Gasteiger partial charge < -0.3 is 5.11 Å². The van der Waals surface area contributed by atoms with Gasteiger partial charge in [-0.15, -0.1) is 0 Å². The molecule has 2 N–H and O–H groups in total. The van der Waals surface area contributed by atoms with Gasteiger partial charge in [0, 0.05) is 25.7 Å². The Morgan fingerprint density at radius 3 is 2.22 bits per heavy atom. The fourth-order valence-electron chi connectivity index (χ4n) is 8.72. The molecule has 9 nitrogen and oxygen atoms in total. The van der Waals surface area contributed by atoms with E-state index in [1.807, 2.05) is 6.08 Å². The van der Waals surface area contributed by atoms with Crippen molar-refractivity contribution < 1.29 is 37.5 Å². The number of phenols is 1. The number of halogens is 7. The van der Waals surface area contributed by atoms with Crippen molar-refractivity contribution in [2.24, 2.45) is 23.7 Å². The maximum Gasteiger partial charge on any atom is 0.417 e. The van der Waals surface area contributed by atoms with Crippen molar-refractivity contribution in [3.05, 3.63) is 126 Å². The Morgan fingerprint density at radius 2 is 1.57 bits per heavy atom. The first-order valence-corrected chi connectivity index (χ1v) is 18.8. The van der Waals surface area contributed by atoms with Crippen molar-refractivity contribution in [3.63, 3.8) is 0 Å². The van der Waals surface area contributed by atoms with Gasteiger partial charge in [-0.25, -0.2) is 4.98 Å². The third-order valence-corrected chi connectivity index (χ3v) is 12.5. The highest BCUT2D eigenvalue weighted by molar-refractivity contribution is 14.1. The number of amides is 4. The van der Waals surface area contributed by atoms with Crippen LogP contribution in [0.1, 0.15) is 35.4 Å². The van der Waals surface area contributed by atoms with Crippen molar-refractivity contribution in [2.75, 3.05) is 10.3 Å². The van der Waals surface area contributed by atoms with E-state index < -0.39 is 69.5 Å². The van der Waals surface area contributed by atoms with E-state index in [1.165, 1.54) is 17.0 Å². The van der Waals surface area contributed by atoms with Crippen LogP contribution in [0.15, 0.2) is 90.6 Å². The minimum Gasteiger partial charge on any atom is -0.508 e. The lowest BCUT2D eigenvalue weighted by atomic mass is 9.49. The molecule has 2 aliphatic heterocycles. The third kappa shape index (κ3) is 5.60. The average molecular weight is 908 g/mol. The van der Waals surface area contributed by atoms with Crippen LogP contribution in [0.5, 0.6) is 5.75 Å². The van der Waals surface area contributed by atoms with E-state index >= 15 is 4.79 Å². The number of rotatable bonds is 5. The lowest BCUT2D eigenvalue weighted by Crippen LogP contribution is -2.53. The molecule has 54 heavy (non-hydrogen) atoms. The molecule has 4 amide bonds. The molecule has 8 rings (SSSR count). The molecule has 4 aliphatic rings. The second-order valence-corrected chi connectivity index (χ2v) is 16.1. The lowest BCUT2D eigenvalue weighted by molar-refractivity contribution is -0.139. The Kier molecular flexibility index (Phi) is 9.02. The van der Waals surface area contributed by atoms with Crippen molar-refractivity contribution in [2.45, 2.75) is 30.4 Å². The van der Waals surface area contributed by atoms with Crippen LogP contribution >= 0.6 is 57.4 Å². The second-order valence-electron chi connectivity index (χ2n) is 13.6. The molecule has 16 heteroatoms. The first-order chi connectivity index (χ1) is 25.6. The van der Waals surface area contributed by atoms with Gasteiger partial charge in [-0.05, 0) is 107 Å². The predicted molar refractivity (Wildman–Crippen MR) is 202 cm³/mol. The molecule has 2 saturated heterocycles. The summed E-state index contributed by atoms with van der Waals surface area (Å²) in [7, 11) is 0. The number of aromatic nitrogens is 1. The molecular weight excluding hydrogens is 883 g/mol. The summed E-state index contributed by atoms with van der Waals surface area (Å²) in [6, 6.07) is 18.2. The fourth-order valence-corrected chi connectivity index (χ4v) is 9.70. The summed E-state index contributed by atoms with van der Waals surface area (Å²) in [4.78, 5) is 63.4. The number of carbonyl (C=O) groups is 4. The molecule has 2 aliphatic carbocycles. The first-order valence-electron chi connectivity index (χ1n) is 16.6. The highest BCUT2D eigenvalue weighted by atomic mass is 127. The van der Waals surface area contributed by atoms with E-state index in [0.29, 0.717) is 44.7 Å². The number of benzene rings is 3. The SMILES string of the molecule is O=C1[C@@H]2C[C@@H]3C(=CC[C@@H]4C(=O)N(c5ccc(I)cc5)C(=O)[C@@H]43)[C@H](c3ccc(O)cc3Cl)[C@]2(c2ccc(Cl)cc2)C(=O)N1Nc1ncc(C(F)(F)F)cc1Cl. The molecule has 3 heterocycles. The van der Waals surface area contributed by atoms with E-state index in [1.54, 1.807) is 54.6 Å². The van der Waals surface area contributed by atoms with Crippen LogP contribution in [-0.2, 0) is 30.8 Å². The minimum absolute atomic E-state index is 0.0572. The maximum atomic E-state index is 15.3. The number of nitrogens with one attached hydrogen (secondary N) is 1. The molecule has 1 aromatic heterocycles. The monoisotopic (exact) mass is 906 g/mol. The molecule has 276 valence electrons. The Morgan fingerprint density at radius 1 is 0.870 bits per heavy atom. The van der Waals surface area contributed by atoms with E-state index in [-0.39, 0.29) is 35.3 Å². The van der Waals surface area contributed by atoms with Gasteiger partial charge in [-0.1, -0.05) is 64.7 Å². The van der Waals surface area contributed by atoms with E-state index in [9.17, 15) is 32.7 Å². The topological polar surface area (TPSA) is 120 Å². The Labute approximate surface area is 334 Å². The summed E-state index contributed by atoms with van der Waals surface area (Å²) in [5.41, 5.74) is 1.44. The molecule has 0 spiro atoms. The summed E-state index contributed by atoms with van der Waals surface area (Å²) < 4.78 is 41.3. The average Bonchev–Trinajstić information content (AvgIpc) is 3.50. The molecule has 3 fully saturated rings. The number of pyridine rings is 1. The van der Waals surface area contributed by atoms with Crippen LogP contribution in [0, 0.1) is 27.2 Å². The number of anilines is 2. The zero-order valence-corrected chi connectivity index (χ0v) is 31.9. The molecule has 3 aromatic carbocycles. The standard InChI is InChI=1S/C38H25Cl3F3IN4O5/c39-19-3-1-17(2-4-19)37-27(34(52)49(36(37)54)47-32-29(41)13-18(16-46-32)38(42,43)44)15-26-23(31(37)24-10-9-22(50)14-28(24)40)11-12-25-30(26)35(53)48(33(25)51)21-7-5-20(45)6-8-21/h1-11,13-14,16,25-27,30-31,50H,12,15H2,(H,46,47)/t25-,26+,27-,30-,31+,37+/m0/s1. The van der Waals surface area contributed by atoms with Crippen LogP contribution in [-0.4, -0.2) is 38.7 Å². The maximum absolute atomic E-state index is 15.3. The van der Waals surface area contributed by atoms with Gasteiger partial charge in [0.2, 0.25) is 11.8 Å². The molecule has 0 radical (unpaired) electrons. The summed E-state index contributed by atoms with van der Waals surface area (Å²) >= 11 is 21.6. The summed E-state index contributed by atoms with van der Waals surface area (Å²) in [5, 5.41) is 11.0. The number of hydrazine groups is 1. The number of fused-ring (bicyclic) bond motifs is 4. The quantitative estimate of drug-likeness (QED) is 0.117. The first kappa shape index (κ1) is 36.8. The van der Waals surface area contributed by atoms with Crippen molar-refractivity contribution in [1.82, 2.24) is 9.99 Å². The summed E-state index contributed by atoms with van der Waals surface area (Å²) in [5.74, 6) is -7.52. The number of hydrogen-bond donors (Lipinski definition) is 2. The van der Waals surface area contributed by atoms with Crippen LogP contribution in [0.2, 0.25) is 15.1 Å². The minimum atomic E-state index is -4.76. The van der Waals surface area contributed by atoms with Gasteiger partial charge >= 0.3 is 6.18 Å². The van der Waals surface area contributed by atoms with Gasteiger partial charge in [0.15, 0.2) is 5.82 Å². The largest absolute Gasteiger partial charge is 0.508 e. The molecule has 0 unspecified atom stereocenters. The van der Waals surface area contributed by atoms with E-state index in [2.05, 4.69) is 33.0 Å². The lowest BCUT2D eigenvalue weighted by Gasteiger charge is -2.50. The van der Waals surface area contributed by atoms with Gasteiger partial charge in [0.25, 0.3) is 11.8 Å². The zero-order chi connectivity index (χ0) is 38.4. The van der Waals surface area contributed by atoms with E-state index in [0.717, 1.165) is 3.57 Å². The summed E-state index contributed by atoms with van der Waals surface area (Å²) in [6.45, 7) is 0. The Hall–Kier alpha value is -4.18. The smallest absolute Gasteiger partial charge is 0.417 e.